The molecule has 0 saturated carbocycles. The first kappa shape index (κ1) is 11.2. The van der Waals surface area contributed by atoms with Gasteiger partial charge in [0, 0.05) is 0 Å². The molecular formula is C14H13NO2. The smallest absolute Gasteiger partial charge is 0.115 e. The molecule has 0 radical (unpaired) electrons. The summed E-state index contributed by atoms with van der Waals surface area (Å²) in [6.45, 7) is 0. The van der Waals surface area contributed by atoms with Crippen LogP contribution < -0.4 is 5.48 Å². The monoisotopic (exact) mass is 227 g/mol. The molecule has 0 spiro atoms. The topological polar surface area (TPSA) is 52.5 Å². The van der Waals surface area contributed by atoms with Crippen molar-refractivity contribution in [2.24, 2.45) is 0 Å². The second kappa shape index (κ2) is 5.18. The van der Waals surface area contributed by atoms with Crippen LogP contribution in [-0.2, 0) is 0 Å². The molecule has 0 saturated heterocycles. The van der Waals surface area contributed by atoms with Crippen molar-refractivity contribution in [2.75, 3.05) is 5.48 Å². The zero-order valence-electron chi connectivity index (χ0n) is 9.17. The molecule has 0 fully saturated rings. The van der Waals surface area contributed by atoms with Crippen LogP contribution in [0, 0.1) is 0 Å². The van der Waals surface area contributed by atoms with Crippen LogP contribution in [-0.4, -0.2) is 10.3 Å². The Bertz CT molecular complexity index is 501. The molecule has 2 aromatic rings. The highest BCUT2D eigenvalue weighted by atomic mass is 16.5. The average molecular weight is 227 g/mol. The van der Waals surface area contributed by atoms with Crippen molar-refractivity contribution in [3.05, 3.63) is 59.7 Å². The van der Waals surface area contributed by atoms with E-state index in [-0.39, 0.29) is 5.75 Å². The quantitative estimate of drug-likeness (QED) is 0.556. The Balaban J connectivity index is 2.11. The largest absolute Gasteiger partial charge is 0.508 e. The lowest BCUT2D eigenvalue weighted by Crippen LogP contribution is -1.87. The van der Waals surface area contributed by atoms with Crippen LogP contribution in [0.4, 0.5) is 5.69 Å². The zero-order chi connectivity index (χ0) is 12.1. The van der Waals surface area contributed by atoms with Crippen molar-refractivity contribution in [3.8, 4) is 5.75 Å². The molecule has 17 heavy (non-hydrogen) atoms. The number of aromatic hydroxyl groups is 1. The number of nitrogens with one attached hydrogen (secondary N) is 1. The fourth-order valence-electron chi connectivity index (χ4n) is 1.45. The van der Waals surface area contributed by atoms with E-state index in [1.165, 1.54) is 0 Å². The van der Waals surface area contributed by atoms with Crippen LogP contribution in [0.2, 0.25) is 0 Å². The van der Waals surface area contributed by atoms with Crippen LogP contribution in [0.25, 0.3) is 12.2 Å². The van der Waals surface area contributed by atoms with Gasteiger partial charge < -0.3 is 5.11 Å². The van der Waals surface area contributed by atoms with Crippen LogP contribution >= 0.6 is 0 Å². The standard InChI is InChI=1S/C14H13NO2/c16-14-9-5-12(6-10-14)2-1-11-3-7-13(15-17)8-4-11/h1-10,15-17H/b2-1+. The van der Waals surface area contributed by atoms with E-state index in [2.05, 4.69) is 5.48 Å². The first-order valence-corrected chi connectivity index (χ1v) is 5.25. The number of rotatable bonds is 3. The third kappa shape index (κ3) is 3.09. The highest BCUT2D eigenvalue weighted by Crippen LogP contribution is 2.14. The maximum atomic E-state index is 9.14. The fraction of sp³-hybridized carbons (Fsp3) is 0. The molecule has 0 heterocycles. The van der Waals surface area contributed by atoms with Crippen molar-refractivity contribution in [2.45, 2.75) is 0 Å². The van der Waals surface area contributed by atoms with E-state index in [4.69, 9.17) is 10.3 Å². The lowest BCUT2D eigenvalue weighted by molar-refractivity contribution is 0.389. The van der Waals surface area contributed by atoms with E-state index in [1.807, 2.05) is 36.4 Å². The Morgan fingerprint density at radius 1 is 0.765 bits per heavy atom. The maximum Gasteiger partial charge on any atom is 0.115 e. The summed E-state index contributed by atoms with van der Waals surface area (Å²) in [5, 5.41) is 17.8. The number of phenols is 1. The number of hydrogen-bond acceptors (Lipinski definition) is 3. The molecule has 3 nitrogen and oxygen atoms in total. The van der Waals surface area contributed by atoms with Crippen molar-refractivity contribution in [1.29, 1.82) is 0 Å². The summed E-state index contributed by atoms with van der Waals surface area (Å²) in [6, 6.07) is 14.4. The van der Waals surface area contributed by atoms with Crippen LogP contribution in [0.1, 0.15) is 11.1 Å². The van der Waals surface area contributed by atoms with E-state index in [0.717, 1.165) is 11.1 Å². The predicted octanol–water partition coefficient (Wildman–Crippen LogP) is 3.36. The van der Waals surface area contributed by atoms with E-state index in [1.54, 1.807) is 24.3 Å². The Kier molecular flexibility index (Phi) is 3.43. The second-order valence-corrected chi connectivity index (χ2v) is 3.66. The summed E-state index contributed by atoms with van der Waals surface area (Å²) in [5.41, 5.74) is 4.80. The molecule has 2 rings (SSSR count). The molecule has 3 N–H and O–H groups in total. The molecular weight excluding hydrogens is 214 g/mol. The Hall–Kier alpha value is -2.26. The number of phenolic OH excluding ortho intramolecular Hbond substituents is 1. The number of benzene rings is 2. The highest BCUT2D eigenvalue weighted by Gasteiger charge is 1.91. The average Bonchev–Trinajstić information content (AvgIpc) is 2.39. The molecule has 2 aromatic carbocycles. The molecule has 0 unspecified atom stereocenters. The normalized spacial score (nSPS) is 10.6. The maximum absolute atomic E-state index is 9.14. The van der Waals surface area contributed by atoms with Crippen molar-refractivity contribution in [1.82, 2.24) is 0 Å². The minimum absolute atomic E-state index is 0.264. The Morgan fingerprint density at radius 3 is 1.71 bits per heavy atom. The molecule has 0 aliphatic rings. The van der Waals surface area contributed by atoms with Gasteiger partial charge in [0.1, 0.15) is 5.75 Å². The van der Waals surface area contributed by atoms with Gasteiger partial charge in [-0.2, -0.15) is 0 Å². The van der Waals surface area contributed by atoms with Gasteiger partial charge in [-0.05, 0) is 35.4 Å². The van der Waals surface area contributed by atoms with Crippen molar-refractivity contribution < 1.29 is 10.3 Å². The molecule has 3 heteroatoms. The van der Waals surface area contributed by atoms with Gasteiger partial charge in [-0.1, -0.05) is 36.4 Å². The van der Waals surface area contributed by atoms with E-state index in [9.17, 15) is 0 Å². The van der Waals surface area contributed by atoms with Gasteiger partial charge in [0.15, 0.2) is 0 Å². The zero-order valence-corrected chi connectivity index (χ0v) is 9.17. The molecule has 0 aliphatic carbocycles. The van der Waals surface area contributed by atoms with Gasteiger partial charge in [0.2, 0.25) is 0 Å². The van der Waals surface area contributed by atoms with Crippen LogP contribution in [0.15, 0.2) is 48.5 Å². The minimum atomic E-state index is 0.264. The first-order chi connectivity index (χ1) is 8.28. The van der Waals surface area contributed by atoms with Gasteiger partial charge in [-0.3, -0.25) is 10.7 Å². The van der Waals surface area contributed by atoms with Gasteiger partial charge in [0.25, 0.3) is 0 Å². The summed E-state index contributed by atoms with van der Waals surface area (Å²) in [4.78, 5) is 0. The summed E-state index contributed by atoms with van der Waals surface area (Å²) in [6.07, 6.45) is 3.92. The van der Waals surface area contributed by atoms with Crippen molar-refractivity contribution in [3.63, 3.8) is 0 Å². The lowest BCUT2D eigenvalue weighted by atomic mass is 10.1. The van der Waals surface area contributed by atoms with Crippen molar-refractivity contribution >= 4 is 17.8 Å². The van der Waals surface area contributed by atoms with E-state index in [0.29, 0.717) is 5.69 Å². The van der Waals surface area contributed by atoms with Gasteiger partial charge >= 0.3 is 0 Å². The fourth-order valence-corrected chi connectivity index (χ4v) is 1.45. The Morgan fingerprint density at radius 2 is 1.24 bits per heavy atom. The Labute approximate surface area is 99.6 Å². The predicted molar refractivity (Wildman–Crippen MR) is 68.9 cm³/mol. The van der Waals surface area contributed by atoms with Crippen LogP contribution in [0.3, 0.4) is 0 Å². The first-order valence-electron chi connectivity index (χ1n) is 5.25. The molecule has 86 valence electrons. The van der Waals surface area contributed by atoms with Gasteiger partial charge in [0.05, 0.1) is 5.69 Å². The summed E-state index contributed by atoms with van der Waals surface area (Å²) >= 11 is 0. The SMILES string of the molecule is ONc1ccc(/C=C/c2ccc(O)cc2)cc1. The van der Waals surface area contributed by atoms with Gasteiger partial charge in [-0.15, -0.1) is 0 Å². The lowest BCUT2D eigenvalue weighted by Gasteiger charge is -1.98. The minimum Gasteiger partial charge on any atom is -0.508 e. The third-order valence-corrected chi connectivity index (χ3v) is 2.40. The molecule has 0 amide bonds. The summed E-state index contributed by atoms with van der Waals surface area (Å²) < 4.78 is 0. The van der Waals surface area contributed by atoms with E-state index >= 15 is 0 Å². The highest BCUT2D eigenvalue weighted by molar-refractivity contribution is 5.70. The molecule has 0 atom stereocenters. The van der Waals surface area contributed by atoms with Crippen LogP contribution in [0.5, 0.6) is 5.75 Å². The summed E-state index contributed by atoms with van der Waals surface area (Å²) in [7, 11) is 0. The summed E-state index contributed by atoms with van der Waals surface area (Å²) in [5.74, 6) is 0.264. The number of hydrogen-bond donors (Lipinski definition) is 3. The molecule has 0 aliphatic heterocycles. The molecule has 0 aromatic heterocycles. The van der Waals surface area contributed by atoms with E-state index < -0.39 is 0 Å². The number of anilines is 1. The second-order valence-electron chi connectivity index (χ2n) is 3.66. The van der Waals surface area contributed by atoms with Gasteiger partial charge in [-0.25, -0.2) is 0 Å². The molecule has 0 bridgehead atoms. The third-order valence-electron chi connectivity index (χ3n) is 2.40.